The molecule has 2 heterocycles. The zero-order chi connectivity index (χ0) is 16.4. The van der Waals surface area contributed by atoms with E-state index in [1.54, 1.807) is 0 Å². The Morgan fingerprint density at radius 3 is 3.00 bits per heavy atom. The predicted molar refractivity (Wildman–Crippen MR) is 91.6 cm³/mol. The number of hydrogen-bond donors (Lipinski definition) is 1. The molecule has 0 radical (unpaired) electrons. The number of piperidine rings is 1. The van der Waals surface area contributed by atoms with Crippen molar-refractivity contribution in [3.8, 4) is 6.07 Å². The third-order valence-corrected chi connectivity index (χ3v) is 5.13. The molecule has 4 heteroatoms. The van der Waals surface area contributed by atoms with E-state index >= 15 is 0 Å². The van der Waals surface area contributed by atoms with Crippen molar-refractivity contribution in [2.45, 2.75) is 45.7 Å². The van der Waals surface area contributed by atoms with Gasteiger partial charge in [0.1, 0.15) is 18.0 Å². The van der Waals surface area contributed by atoms with Crippen molar-refractivity contribution in [3.05, 3.63) is 35.0 Å². The number of carbonyl (C=O) groups is 1. The summed E-state index contributed by atoms with van der Waals surface area (Å²) in [4.78, 5) is 11.1. The normalized spacial score (nSPS) is 21.3. The fourth-order valence-corrected chi connectivity index (χ4v) is 3.76. The first-order valence-corrected chi connectivity index (χ1v) is 8.35. The fraction of sp³-hybridized carbons (Fsp3) is 0.474. The summed E-state index contributed by atoms with van der Waals surface area (Å²) in [5.41, 5.74) is 3.41. The van der Waals surface area contributed by atoms with Gasteiger partial charge in [0.2, 0.25) is 0 Å². The maximum absolute atomic E-state index is 11.1. The topological polar surface area (TPSA) is 57.8 Å². The highest BCUT2D eigenvalue weighted by atomic mass is 16.1. The number of aldehydes is 1. The smallest absolute Gasteiger partial charge is 0.150 e. The highest BCUT2D eigenvalue weighted by Crippen LogP contribution is 2.27. The van der Waals surface area contributed by atoms with Gasteiger partial charge in [0, 0.05) is 29.1 Å². The van der Waals surface area contributed by atoms with Crippen LogP contribution in [0.4, 0.5) is 0 Å². The van der Waals surface area contributed by atoms with Gasteiger partial charge in [-0.25, -0.2) is 0 Å². The molecule has 1 fully saturated rings. The van der Waals surface area contributed by atoms with E-state index in [-0.39, 0.29) is 0 Å². The number of nitrogens with zero attached hydrogens (tertiary/aromatic N) is 2. The molecule has 0 amide bonds. The third kappa shape index (κ3) is 3.02. The van der Waals surface area contributed by atoms with Crippen LogP contribution in [0.5, 0.6) is 0 Å². The van der Waals surface area contributed by atoms with Crippen LogP contribution in [0.15, 0.2) is 18.2 Å². The molecule has 0 saturated carbocycles. The van der Waals surface area contributed by atoms with E-state index in [1.165, 1.54) is 12.8 Å². The van der Waals surface area contributed by atoms with Gasteiger partial charge >= 0.3 is 0 Å². The Labute approximate surface area is 137 Å². The molecule has 2 atom stereocenters. The van der Waals surface area contributed by atoms with E-state index in [4.69, 9.17) is 0 Å². The van der Waals surface area contributed by atoms with Crippen LogP contribution in [0.2, 0.25) is 0 Å². The van der Waals surface area contributed by atoms with Crippen molar-refractivity contribution < 1.29 is 4.79 Å². The number of carbonyl (C=O) groups excluding carboxylic acids is 1. The van der Waals surface area contributed by atoms with E-state index in [1.807, 2.05) is 25.1 Å². The van der Waals surface area contributed by atoms with Gasteiger partial charge in [0.15, 0.2) is 0 Å². The molecule has 120 valence electrons. The Hall–Kier alpha value is -2.12. The Bertz CT molecular complexity index is 769. The molecule has 2 aromatic rings. The Kier molecular flexibility index (Phi) is 4.49. The van der Waals surface area contributed by atoms with E-state index in [9.17, 15) is 10.1 Å². The summed E-state index contributed by atoms with van der Waals surface area (Å²) >= 11 is 0. The van der Waals surface area contributed by atoms with Crippen molar-refractivity contribution in [1.82, 2.24) is 9.88 Å². The molecule has 1 N–H and O–H groups in total. The van der Waals surface area contributed by atoms with Crippen molar-refractivity contribution in [2.24, 2.45) is 5.92 Å². The number of aromatic nitrogens is 1. The average Bonchev–Trinajstić information content (AvgIpc) is 2.92. The minimum Gasteiger partial charge on any atom is -0.332 e. The van der Waals surface area contributed by atoms with Crippen LogP contribution in [0, 0.1) is 24.2 Å². The largest absolute Gasteiger partial charge is 0.332 e. The molecule has 0 bridgehead atoms. The summed E-state index contributed by atoms with van der Waals surface area (Å²) in [5, 5.41) is 14.0. The Morgan fingerprint density at radius 2 is 2.30 bits per heavy atom. The van der Waals surface area contributed by atoms with Gasteiger partial charge in [0.25, 0.3) is 0 Å². The highest BCUT2D eigenvalue weighted by molar-refractivity contribution is 5.92. The monoisotopic (exact) mass is 309 g/mol. The van der Waals surface area contributed by atoms with Crippen molar-refractivity contribution in [2.75, 3.05) is 6.54 Å². The second-order valence-electron chi connectivity index (χ2n) is 6.66. The van der Waals surface area contributed by atoms with Crippen LogP contribution in [0.3, 0.4) is 0 Å². The number of hydrogen-bond acceptors (Lipinski definition) is 3. The van der Waals surface area contributed by atoms with Gasteiger partial charge in [0.05, 0.1) is 0 Å². The molecule has 23 heavy (non-hydrogen) atoms. The maximum atomic E-state index is 11.1. The van der Waals surface area contributed by atoms with Crippen molar-refractivity contribution in [3.63, 3.8) is 0 Å². The van der Waals surface area contributed by atoms with E-state index in [2.05, 4.69) is 22.9 Å². The first-order chi connectivity index (χ1) is 11.1. The maximum Gasteiger partial charge on any atom is 0.150 e. The summed E-state index contributed by atoms with van der Waals surface area (Å²) in [7, 11) is 0. The van der Waals surface area contributed by atoms with Crippen LogP contribution in [-0.2, 0) is 6.54 Å². The number of benzene rings is 1. The standard InChI is InChI=1S/C19H23N3O/c1-13-9-15(5-7-21-13)6-8-22-17(11-20)10-18-14(2)16(12-23)3-4-19(18)22/h3-4,10,12-13,15,21H,5-9H2,1-2H3. The van der Waals surface area contributed by atoms with Crippen LogP contribution in [0.25, 0.3) is 10.9 Å². The minimum absolute atomic E-state index is 0.586. The molecule has 0 aliphatic carbocycles. The molecule has 0 spiro atoms. The molecule has 1 saturated heterocycles. The van der Waals surface area contributed by atoms with Gasteiger partial charge in [-0.15, -0.1) is 0 Å². The van der Waals surface area contributed by atoms with Crippen LogP contribution in [0.1, 0.15) is 47.8 Å². The SMILES string of the molecule is Cc1c(C=O)ccc2c1cc(C#N)n2CCC1CCNC(C)C1. The lowest BCUT2D eigenvalue weighted by Crippen LogP contribution is -2.36. The molecule has 1 aromatic heterocycles. The second kappa shape index (κ2) is 6.55. The predicted octanol–water partition coefficient (Wildman–Crippen LogP) is 3.41. The molecule has 4 nitrogen and oxygen atoms in total. The summed E-state index contributed by atoms with van der Waals surface area (Å²) in [5.74, 6) is 0.714. The van der Waals surface area contributed by atoms with Crippen molar-refractivity contribution in [1.29, 1.82) is 5.26 Å². The summed E-state index contributed by atoms with van der Waals surface area (Å²) in [6, 6.07) is 8.64. The summed E-state index contributed by atoms with van der Waals surface area (Å²) in [6.45, 7) is 6.14. The van der Waals surface area contributed by atoms with Gasteiger partial charge in [-0.3, -0.25) is 4.79 Å². The van der Waals surface area contributed by atoms with Crippen LogP contribution >= 0.6 is 0 Å². The van der Waals surface area contributed by atoms with E-state index in [0.717, 1.165) is 42.3 Å². The lowest BCUT2D eigenvalue weighted by Gasteiger charge is -2.28. The van der Waals surface area contributed by atoms with Gasteiger partial charge < -0.3 is 9.88 Å². The molecule has 1 aliphatic heterocycles. The lowest BCUT2D eigenvalue weighted by molar-refractivity contribution is 0.112. The third-order valence-electron chi connectivity index (χ3n) is 5.13. The Balaban J connectivity index is 1.89. The molecule has 2 unspecified atom stereocenters. The lowest BCUT2D eigenvalue weighted by atomic mass is 9.90. The molecular formula is C19H23N3O. The molecular weight excluding hydrogens is 286 g/mol. The Morgan fingerprint density at radius 1 is 1.48 bits per heavy atom. The number of nitriles is 1. The van der Waals surface area contributed by atoms with E-state index < -0.39 is 0 Å². The molecule has 3 rings (SSSR count). The zero-order valence-electron chi connectivity index (χ0n) is 13.8. The number of fused-ring (bicyclic) bond motifs is 1. The molecule has 1 aromatic carbocycles. The quantitative estimate of drug-likeness (QED) is 0.881. The van der Waals surface area contributed by atoms with Crippen LogP contribution in [-0.4, -0.2) is 23.4 Å². The van der Waals surface area contributed by atoms with Gasteiger partial charge in [-0.1, -0.05) is 0 Å². The summed E-state index contributed by atoms with van der Waals surface area (Å²) < 4.78 is 2.11. The van der Waals surface area contributed by atoms with Gasteiger partial charge in [-0.2, -0.15) is 5.26 Å². The number of nitrogens with one attached hydrogen (secondary N) is 1. The molecule has 1 aliphatic rings. The van der Waals surface area contributed by atoms with Crippen LogP contribution < -0.4 is 5.32 Å². The highest BCUT2D eigenvalue weighted by Gasteiger charge is 2.19. The number of aryl methyl sites for hydroxylation is 2. The average molecular weight is 309 g/mol. The van der Waals surface area contributed by atoms with Crippen molar-refractivity contribution >= 4 is 17.2 Å². The van der Waals surface area contributed by atoms with Gasteiger partial charge in [-0.05, 0) is 69.3 Å². The summed E-state index contributed by atoms with van der Waals surface area (Å²) in [6.07, 6.45) is 4.39. The first kappa shape index (κ1) is 15.8. The number of rotatable bonds is 4. The van der Waals surface area contributed by atoms with E-state index in [0.29, 0.717) is 23.2 Å². The zero-order valence-corrected chi connectivity index (χ0v) is 13.8. The minimum atomic E-state index is 0.586. The second-order valence-corrected chi connectivity index (χ2v) is 6.66. The fourth-order valence-electron chi connectivity index (χ4n) is 3.76. The first-order valence-electron chi connectivity index (χ1n) is 8.35.